The highest BCUT2D eigenvalue weighted by Gasteiger charge is 2.24. The number of nitrogens with one attached hydrogen (secondary N) is 2. The molecule has 0 fully saturated rings. The SMILES string of the molecule is COc1ccc(CSC(=O)C(Cc2cc(=O)[nH]c3ccccc23)NC(=O)c2ccc(Cl)cc2)cc1. The van der Waals surface area contributed by atoms with Crippen LogP contribution in [0.15, 0.2) is 83.7 Å². The van der Waals surface area contributed by atoms with Crippen LogP contribution >= 0.6 is 23.4 Å². The largest absolute Gasteiger partial charge is 0.497 e. The lowest BCUT2D eigenvalue weighted by Gasteiger charge is -2.18. The van der Waals surface area contributed by atoms with E-state index >= 15 is 0 Å². The maximum atomic E-state index is 13.3. The molecule has 0 saturated carbocycles. The van der Waals surface area contributed by atoms with Crippen molar-refractivity contribution >= 4 is 45.3 Å². The van der Waals surface area contributed by atoms with E-state index in [1.807, 2.05) is 48.5 Å². The van der Waals surface area contributed by atoms with Gasteiger partial charge in [0.2, 0.25) is 10.7 Å². The quantitative estimate of drug-likeness (QED) is 0.351. The van der Waals surface area contributed by atoms with Gasteiger partial charge in [-0.25, -0.2) is 0 Å². The molecular weight excluding hydrogens is 484 g/mol. The van der Waals surface area contributed by atoms with Crippen molar-refractivity contribution in [1.82, 2.24) is 10.3 Å². The van der Waals surface area contributed by atoms with E-state index in [1.54, 1.807) is 31.4 Å². The molecule has 178 valence electrons. The van der Waals surface area contributed by atoms with Gasteiger partial charge in [-0.1, -0.05) is 53.7 Å². The number of aromatic amines is 1. The number of methoxy groups -OCH3 is 1. The predicted molar refractivity (Wildman–Crippen MR) is 140 cm³/mol. The van der Waals surface area contributed by atoms with Gasteiger partial charge in [0.05, 0.1) is 7.11 Å². The van der Waals surface area contributed by atoms with Crippen LogP contribution in [-0.2, 0) is 17.0 Å². The molecular formula is C27H23ClN2O4S. The minimum absolute atomic E-state index is 0.179. The number of ether oxygens (including phenoxy) is 1. The Morgan fingerprint density at radius 2 is 1.74 bits per heavy atom. The second-order valence-electron chi connectivity index (χ2n) is 7.90. The van der Waals surface area contributed by atoms with Gasteiger partial charge in [-0.3, -0.25) is 14.4 Å². The molecule has 2 N–H and O–H groups in total. The Labute approximate surface area is 211 Å². The fraction of sp³-hybridized carbons (Fsp3) is 0.148. The lowest BCUT2D eigenvalue weighted by Crippen LogP contribution is -2.41. The predicted octanol–water partition coefficient (Wildman–Crippen LogP) is 4.99. The molecule has 0 bridgehead atoms. The zero-order valence-electron chi connectivity index (χ0n) is 18.9. The fourth-order valence-corrected chi connectivity index (χ4v) is 4.65. The van der Waals surface area contributed by atoms with Gasteiger partial charge in [0.25, 0.3) is 5.91 Å². The summed E-state index contributed by atoms with van der Waals surface area (Å²) < 4.78 is 5.18. The Morgan fingerprint density at radius 1 is 1.03 bits per heavy atom. The smallest absolute Gasteiger partial charge is 0.251 e. The van der Waals surface area contributed by atoms with Gasteiger partial charge >= 0.3 is 0 Å². The molecule has 1 heterocycles. The molecule has 0 saturated heterocycles. The summed E-state index contributed by atoms with van der Waals surface area (Å²) in [5.41, 5.74) is 2.44. The first kappa shape index (κ1) is 24.6. The second-order valence-corrected chi connectivity index (χ2v) is 9.31. The number of thioether (sulfide) groups is 1. The monoisotopic (exact) mass is 506 g/mol. The van der Waals surface area contributed by atoms with Gasteiger partial charge in [-0.2, -0.15) is 0 Å². The third kappa shape index (κ3) is 6.32. The van der Waals surface area contributed by atoms with Crippen molar-refractivity contribution in [1.29, 1.82) is 0 Å². The maximum absolute atomic E-state index is 13.3. The Bertz CT molecular complexity index is 1400. The van der Waals surface area contributed by atoms with E-state index in [4.69, 9.17) is 16.3 Å². The van der Waals surface area contributed by atoms with E-state index < -0.39 is 6.04 Å². The van der Waals surface area contributed by atoms with Crippen LogP contribution in [0.1, 0.15) is 21.5 Å². The molecule has 0 radical (unpaired) electrons. The number of fused-ring (bicyclic) bond motifs is 1. The molecule has 0 aliphatic heterocycles. The minimum Gasteiger partial charge on any atom is -0.497 e. The van der Waals surface area contributed by atoms with Crippen LogP contribution in [0.2, 0.25) is 5.02 Å². The van der Waals surface area contributed by atoms with Crippen LogP contribution in [0, 0.1) is 0 Å². The van der Waals surface area contributed by atoms with Crippen molar-refractivity contribution in [3.05, 3.63) is 111 Å². The standard InChI is InChI=1S/C27H23ClN2O4S/c1-34-21-12-6-17(7-13-21)16-35-27(33)24(30-26(32)18-8-10-20(28)11-9-18)14-19-15-25(31)29-23-5-3-2-4-22(19)23/h2-13,15,24H,14,16H2,1H3,(H,29,31)(H,30,32). The number of para-hydroxylation sites is 1. The van der Waals surface area contributed by atoms with E-state index in [0.717, 1.165) is 28.5 Å². The number of benzene rings is 3. The molecule has 1 atom stereocenters. The molecule has 4 aromatic rings. The summed E-state index contributed by atoms with van der Waals surface area (Å²) in [5, 5.41) is 3.99. The summed E-state index contributed by atoms with van der Waals surface area (Å²) in [7, 11) is 1.60. The summed E-state index contributed by atoms with van der Waals surface area (Å²) in [6.45, 7) is 0. The van der Waals surface area contributed by atoms with Gasteiger partial charge < -0.3 is 15.0 Å². The number of H-pyrrole nitrogens is 1. The van der Waals surface area contributed by atoms with E-state index in [-0.39, 0.29) is 23.0 Å². The lowest BCUT2D eigenvalue weighted by atomic mass is 10.0. The number of hydrogen-bond acceptors (Lipinski definition) is 5. The number of rotatable bonds is 8. The highest BCUT2D eigenvalue weighted by molar-refractivity contribution is 8.13. The van der Waals surface area contributed by atoms with Crippen molar-refractivity contribution in [3.63, 3.8) is 0 Å². The van der Waals surface area contributed by atoms with E-state index in [9.17, 15) is 14.4 Å². The number of amides is 1. The third-order valence-electron chi connectivity index (χ3n) is 5.50. The molecule has 1 aromatic heterocycles. The van der Waals surface area contributed by atoms with Gasteiger partial charge in [0.1, 0.15) is 11.8 Å². The first-order valence-corrected chi connectivity index (χ1v) is 12.3. The molecule has 1 amide bonds. The topological polar surface area (TPSA) is 88.3 Å². The van der Waals surface area contributed by atoms with Gasteiger partial charge in [0.15, 0.2) is 0 Å². The fourth-order valence-electron chi connectivity index (χ4n) is 3.68. The Morgan fingerprint density at radius 3 is 2.46 bits per heavy atom. The summed E-state index contributed by atoms with van der Waals surface area (Å²) in [5.74, 6) is 0.783. The van der Waals surface area contributed by atoms with Crippen molar-refractivity contribution in [2.75, 3.05) is 7.11 Å². The van der Waals surface area contributed by atoms with Crippen LogP contribution in [0.5, 0.6) is 5.75 Å². The number of carbonyl (C=O) groups is 2. The molecule has 0 aliphatic carbocycles. The van der Waals surface area contributed by atoms with Gasteiger partial charge in [-0.15, -0.1) is 0 Å². The second kappa shape index (κ2) is 11.3. The van der Waals surface area contributed by atoms with E-state index in [0.29, 0.717) is 27.4 Å². The zero-order valence-corrected chi connectivity index (χ0v) is 20.5. The first-order chi connectivity index (χ1) is 16.9. The van der Waals surface area contributed by atoms with Crippen LogP contribution in [-0.4, -0.2) is 29.2 Å². The number of aromatic nitrogens is 1. The van der Waals surface area contributed by atoms with E-state index in [2.05, 4.69) is 10.3 Å². The molecule has 6 nitrogen and oxygen atoms in total. The van der Waals surface area contributed by atoms with Crippen LogP contribution in [0.25, 0.3) is 10.9 Å². The van der Waals surface area contributed by atoms with E-state index in [1.165, 1.54) is 6.07 Å². The normalized spacial score (nSPS) is 11.7. The van der Waals surface area contributed by atoms with Crippen molar-refractivity contribution < 1.29 is 14.3 Å². The molecule has 8 heteroatoms. The average Bonchev–Trinajstić information content (AvgIpc) is 2.87. The highest BCUT2D eigenvalue weighted by Crippen LogP contribution is 2.22. The van der Waals surface area contributed by atoms with Crippen LogP contribution in [0.3, 0.4) is 0 Å². The molecule has 1 unspecified atom stereocenters. The Balaban J connectivity index is 1.58. The number of carbonyl (C=O) groups excluding carboxylic acids is 2. The number of hydrogen-bond donors (Lipinski definition) is 2. The Hall–Kier alpha value is -3.55. The lowest BCUT2D eigenvalue weighted by molar-refractivity contribution is -0.112. The minimum atomic E-state index is -0.841. The summed E-state index contributed by atoms with van der Waals surface area (Å²) >= 11 is 7.06. The van der Waals surface area contributed by atoms with Gasteiger partial charge in [0, 0.05) is 39.7 Å². The molecule has 0 spiro atoms. The Kier molecular flexibility index (Phi) is 7.90. The molecule has 3 aromatic carbocycles. The first-order valence-electron chi connectivity index (χ1n) is 10.9. The van der Waals surface area contributed by atoms with Crippen molar-refractivity contribution in [2.24, 2.45) is 0 Å². The molecule has 4 rings (SSSR count). The average molecular weight is 507 g/mol. The molecule has 35 heavy (non-hydrogen) atoms. The van der Waals surface area contributed by atoms with Crippen LogP contribution < -0.4 is 15.6 Å². The highest BCUT2D eigenvalue weighted by atomic mass is 35.5. The van der Waals surface area contributed by atoms with Gasteiger partial charge in [-0.05, 0) is 53.6 Å². The zero-order chi connectivity index (χ0) is 24.8. The van der Waals surface area contributed by atoms with Crippen molar-refractivity contribution in [3.8, 4) is 5.75 Å². The third-order valence-corrected chi connectivity index (χ3v) is 6.80. The van der Waals surface area contributed by atoms with Crippen molar-refractivity contribution in [2.45, 2.75) is 18.2 Å². The summed E-state index contributed by atoms with van der Waals surface area (Å²) in [6, 6.07) is 21.9. The van der Waals surface area contributed by atoms with Crippen LogP contribution in [0.4, 0.5) is 0 Å². The molecule has 0 aliphatic rings. The maximum Gasteiger partial charge on any atom is 0.251 e. The number of pyridine rings is 1. The summed E-state index contributed by atoms with van der Waals surface area (Å²) in [4.78, 5) is 41.3. The number of halogens is 1. The summed E-state index contributed by atoms with van der Waals surface area (Å²) in [6.07, 6.45) is 0.179.